The number of carbonyl (C=O) groups excluding carboxylic acids is 1. The predicted molar refractivity (Wildman–Crippen MR) is 99.2 cm³/mol. The van der Waals surface area contributed by atoms with Crippen LogP contribution < -0.4 is 5.32 Å². The van der Waals surface area contributed by atoms with Crippen molar-refractivity contribution >= 4 is 43.3 Å². The number of rotatable bonds is 6. The van der Waals surface area contributed by atoms with E-state index in [0.717, 1.165) is 0 Å². The van der Waals surface area contributed by atoms with Crippen LogP contribution in [0.5, 0.6) is 11.5 Å². The van der Waals surface area contributed by atoms with Crippen molar-refractivity contribution < 1.29 is 28.5 Å². The summed E-state index contributed by atoms with van der Waals surface area (Å²) < 4.78 is 25.7. The Morgan fingerprint density at radius 2 is 1.88 bits per heavy atom. The molecule has 0 aromatic heterocycles. The predicted octanol–water partition coefficient (Wildman–Crippen LogP) is 2.21. The van der Waals surface area contributed by atoms with E-state index in [9.17, 15) is 23.4 Å². The van der Waals surface area contributed by atoms with Crippen LogP contribution in [0.2, 0.25) is 5.02 Å². The highest BCUT2D eigenvalue weighted by molar-refractivity contribution is 9.10. The Morgan fingerprint density at radius 1 is 1.19 bits per heavy atom. The molecule has 10 heteroatoms. The SMILES string of the molecule is O=C(NCCO)c1cc(Cl)cc(CS(=O)(=O)c2cc(Br)ccc2O)c1O. The molecule has 0 heterocycles. The highest BCUT2D eigenvalue weighted by Gasteiger charge is 2.24. The molecule has 4 N–H and O–H groups in total. The van der Waals surface area contributed by atoms with Crippen LogP contribution in [-0.4, -0.2) is 42.8 Å². The van der Waals surface area contributed by atoms with Crippen LogP contribution in [0, 0.1) is 0 Å². The maximum Gasteiger partial charge on any atom is 0.255 e. The smallest absolute Gasteiger partial charge is 0.255 e. The molecule has 1 amide bonds. The van der Waals surface area contributed by atoms with Gasteiger partial charge in [0.25, 0.3) is 5.91 Å². The summed E-state index contributed by atoms with van der Waals surface area (Å²) in [4.78, 5) is 11.7. The topological polar surface area (TPSA) is 124 Å². The first-order valence-electron chi connectivity index (χ1n) is 7.27. The summed E-state index contributed by atoms with van der Waals surface area (Å²) in [5.41, 5.74) is -0.305. The minimum absolute atomic E-state index is 0.0374. The first kappa shape index (κ1) is 20.5. The van der Waals surface area contributed by atoms with E-state index in [1.807, 2.05) is 0 Å². The van der Waals surface area contributed by atoms with E-state index in [1.165, 1.54) is 30.3 Å². The molecule has 140 valence electrons. The first-order chi connectivity index (χ1) is 12.2. The zero-order chi connectivity index (χ0) is 19.5. The van der Waals surface area contributed by atoms with Gasteiger partial charge in [0.15, 0.2) is 9.84 Å². The maximum absolute atomic E-state index is 12.6. The number of carbonyl (C=O) groups is 1. The second-order valence-corrected chi connectivity index (χ2v) is 8.62. The summed E-state index contributed by atoms with van der Waals surface area (Å²) in [5, 5.41) is 31.3. The fourth-order valence-corrected chi connectivity index (χ4v) is 4.45. The van der Waals surface area contributed by atoms with Gasteiger partial charge in [-0.3, -0.25) is 4.79 Å². The molecule has 0 aliphatic heterocycles. The van der Waals surface area contributed by atoms with Crippen LogP contribution in [0.1, 0.15) is 15.9 Å². The Balaban J connectivity index is 2.44. The molecule has 0 fully saturated rings. The van der Waals surface area contributed by atoms with Crippen LogP contribution in [0.4, 0.5) is 0 Å². The van der Waals surface area contributed by atoms with Crippen molar-refractivity contribution in [3.8, 4) is 11.5 Å². The Bertz CT molecular complexity index is 948. The van der Waals surface area contributed by atoms with E-state index < -0.39 is 33.0 Å². The largest absolute Gasteiger partial charge is 0.507 e. The van der Waals surface area contributed by atoms with Crippen molar-refractivity contribution in [1.82, 2.24) is 5.32 Å². The zero-order valence-electron chi connectivity index (χ0n) is 13.2. The Morgan fingerprint density at radius 3 is 2.54 bits per heavy atom. The number of halogens is 2. The van der Waals surface area contributed by atoms with Crippen molar-refractivity contribution in [3.05, 3.63) is 51.0 Å². The minimum atomic E-state index is -4.04. The third kappa shape index (κ3) is 4.67. The fourth-order valence-electron chi connectivity index (χ4n) is 2.22. The molecule has 2 aromatic carbocycles. The number of amides is 1. The van der Waals surface area contributed by atoms with E-state index in [1.54, 1.807) is 0 Å². The lowest BCUT2D eigenvalue weighted by Gasteiger charge is -2.12. The maximum atomic E-state index is 12.6. The molecule has 26 heavy (non-hydrogen) atoms. The molecule has 0 aliphatic carbocycles. The van der Waals surface area contributed by atoms with E-state index >= 15 is 0 Å². The Labute approximate surface area is 163 Å². The third-order valence-corrected chi connectivity index (χ3v) is 5.80. The second kappa shape index (κ2) is 8.26. The summed E-state index contributed by atoms with van der Waals surface area (Å²) in [7, 11) is -4.04. The van der Waals surface area contributed by atoms with Crippen LogP contribution in [0.3, 0.4) is 0 Å². The zero-order valence-corrected chi connectivity index (χ0v) is 16.4. The number of hydrogen-bond acceptors (Lipinski definition) is 6. The standard InChI is InChI=1S/C16H15BrClNO6S/c17-10-1-2-13(21)14(6-10)26(24,25)8-9-5-11(18)7-12(15(9)22)16(23)19-3-4-20/h1-2,5-7,20-22H,3-4,8H2,(H,19,23). The molecular formula is C16H15BrClNO6S. The van der Waals surface area contributed by atoms with E-state index in [4.69, 9.17) is 16.7 Å². The molecule has 0 spiro atoms. The molecule has 7 nitrogen and oxygen atoms in total. The summed E-state index contributed by atoms with van der Waals surface area (Å²) in [6.07, 6.45) is 0. The van der Waals surface area contributed by atoms with Gasteiger partial charge in [-0.1, -0.05) is 27.5 Å². The Kier molecular flexibility index (Phi) is 6.51. The van der Waals surface area contributed by atoms with Gasteiger partial charge in [-0.2, -0.15) is 0 Å². The van der Waals surface area contributed by atoms with Crippen LogP contribution in [-0.2, 0) is 15.6 Å². The molecule has 2 rings (SSSR count). The molecule has 0 bridgehead atoms. The highest BCUT2D eigenvalue weighted by Crippen LogP contribution is 2.33. The van der Waals surface area contributed by atoms with Gasteiger partial charge in [0.1, 0.15) is 16.4 Å². The summed E-state index contributed by atoms with van der Waals surface area (Å²) >= 11 is 9.07. The number of benzene rings is 2. The average Bonchev–Trinajstić information content (AvgIpc) is 2.57. The van der Waals surface area contributed by atoms with E-state index in [0.29, 0.717) is 4.47 Å². The lowest BCUT2D eigenvalue weighted by molar-refractivity contribution is 0.0942. The summed E-state index contributed by atoms with van der Waals surface area (Å²) in [6.45, 7) is -0.333. The number of phenolic OH excluding ortho intramolecular Hbond substituents is 2. The monoisotopic (exact) mass is 463 g/mol. The summed E-state index contributed by atoms with van der Waals surface area (Å²) in [5.74, 6) is -2.36. The molecule has 0 saturated heterocycles. The molecule has 0 unspecified atom stereocenters. The van der Waals surface area contributed by atoms with E-state index in [-0.39, 0.29) is 34.2 Å². The number of aromatic hydroxyl groups is 2. The quantitative estimate of drug-likeness (QED) is 0.520. The number of sulfone groups is 1. The normalized spacial score (nSPS) is 11.3. The van der Waals surface area contributed by atoms with Crippen molar-refractivity contribution in [3.63, 3.8) is 0 Å². The van der Waals surface area contributed by atoms with Gasteiger partial charge in [0.2, 0.25) is 0 Å². The van der Waals surface area contributed by atoms with Gasteiger partial charge in [-0.05, 0) is 30.3 Å². The Hall–Kier alpha value is -1.81. The van der Waals surface area contributed by atoms with E-state index in [2.05, 4.69) is 21.2 Å². The molecule has 0 saturated carbocycles. The highest BCUT2D eigenvalue weighted by atomic mass is 79.9. The number of aliphatic hydroxyl groups excluding tert-OH is 1. The minimum Gasteiger partial charge on any atom is -0.507 e. The number of aliphatic hydroxyl groups is 1. The van der Waals surface area contributed by atoms with Crippen LogP contribution in [0.15, 0.2) is 39.7 Å². The van der Waals surface area contributed by atoms with Crippen molar-refractivity contribution in [1.29, 1.82) is 0 Å². The molecule has 0 radical (unpaired) electrons. The summed E-state index contributed by atoms with van der Waals surface area (Å²) in [6, 6.07) is 6.36. The van der Waals surface area contributed by atoms with Crippen LogP contribution >= 0.6 is 27.5 Å². The van der Waals surface area contributed by atoms with Crippen molar-refractivity contribution in [2.24, 2.45) is 0 Å². The van der Waals surface area contributed by atoms with Crippen LogP contribution in [0.25, 0.3) is 0 Å². The van der Waals surface area contributed by atoms with Crippen molar-refractivity contribution in [2.75, 3.05) is 13.2 Å². The fraction of sp³-hybridized carbons (Fsp3) is 0.188. The second-order valence-electron chi connectivity index (χ2n) is 5.31. The molecular weight excluding hydrogens is 450 g/mol. The third-order valence-electron chi connectivity index (χ3n) is 3.40. The van der Waals surface area contributed by atoms with Gasteiger partial charge in [-0.25, -0.2) is 8.42 Å². The number of nitrogens with one attached hydrogen (secondary N) is 1. The molecule has 0 atom stereocenters. The van der Waals surface area contributed by atoms with Gasteiger partial charge >= 0.3 is 0 Å². The van der Waals surface area contributed by atoms with Gasteiger partial charge in [0.05, 0.1) is 17.9 Å². The average molecular weight is 465 g/mol. The van der Waals surface area contributed by atoms with Gasteiger partial charge in [0, 0.05) is 21.6 Å². The first-order valence-corrected chi connectivity index (χ1v) is 10.1. The lowest BCUT2D eigenvalue weighted by atomic mass is 10.1. The number of phenols is 2. The molecule has 0 aliphatic rings. The number of hydrogen-bond donors (Lipinski definition) is 4. The lowest BCUT2D eigenvalue weighted by Crippen LogP contribution is -2.26. The van der Waals surface area contributed by atoms with Gasteiger partial charge in [-0.15, -0.1) is 0 Å². The van der Waals surface area contributed by atoms with Crippen molar-refractivity contribution in [2.45, 2.75) is 10.6 Å². The van der Waals surface area contributed by atoms with Gasteiger partial charge < -0.3 is 20.6 Å². The molecule has 2 aromatic rings.